The number of nitrogens with one attached hydrogen (secondary N) is 1. The summed E-state index contributed by atoms with van der Waals surface area (Å²) in [5.74, 6) is -0.757. The van der Waals surface area contributed by atoms with Crippen LogP contribution in [0, 0.1) is 10.1 Å². The molecule has 1 N–H and O–H groups in total. The Morgan fingerprint density at radius 3 is 2.61 bits per heavy atom. The molecule has 8 nitrogen and oxygen atoms in total. The number of aromatic nitrogens is 3. The third-order valence-electron chi connectivity index (χ3n) is 2.83. The summed E-state index contributed by atoms with van der Waals surface area (Å²) in [4.78, 5) is 24.0. The second-order valence-electron chi connectivity index (χ2n) is 4.35. The van der Waals surface area contributed by atoms with Crippen molar-refractivity contribution >= 4 is 29.1 Å². The predicted molar refractivity (Wildman–Crippen MR) is 80.9 cm³/mol. The highest BCUT2D eigenvalue weighted by atomic mass is 35.5. The third kappa shape index (κ3) is 3.41. The maximum Gasteiger partial charge on any atom is 0.493 e. The van der Waals surface area contributed by atoms with Crippen LogP contribution in [0.2, 0.25) is 5.02 Å². The summed E-state index contributed by atoms with van der Waals surface area (Å²) in [7, 11) is 0. The molecule has 116 valence electrons. The summed E-state index contributed by atoms with van der Waals surface area (Å²) in [5.41, 5.74) is 0.196. The van der Waals surface area contributed by atoms with E-state index in [2.05, 4.69) is 14.9 Å². The molecule has 0 fully saturated rings. The van der Waals surface area contributed by atoms with Gasteiger partial charge in [-0.3, -0.25) is 10.1 Å². The molecular formula is C13H8ClN4O4S+. The zero-order valence-corrected chi connectivity index (χ0v) is 12.9. The summed E-state index contributed by atoms with van der Waals surface area (Å²) < 4.78 is 4.37. The lowest BCUT2D eigenvalue weighted by Gasteiger charge is -2.03. The highest BCUT2D eigenvalue weighted by Gasteiger charge is 2.22. The number of hydrogen-bond acceptors (Lipinski definition) is 6. The molecule has 23 heavy (non-hydrogen) atoms. The molecule has 0 spiro atoms. The van der Waals surface area contributed by atoms with E-state index in [9.17, 15) is 14.9 Å². The van der Waals surface area contributed by atoms with Crippen LogP contribution < -0.4 is 10.6 Å². The van der Waals surface area contributed by atoms with Gasteiger partial charge >= 0.3 is 5.76 Å². The fourth-order valence-corrected chi connectivity index (χ4v) is 2.84. The van der Waals surface area contributed by atoms with Crippen LogP contribution in [0.25, 0.3) is 5.69 Å². The lowest BCUT2D eigenvalue weighted by molar-refractivity contribution is -0.725. The van der Waals surface area contributed by atoms with Crippen molar-refractivity contribution in [3.63, 3.8) is 0 Å². The van der Waals surface area contributed by atoms with Gasteiger partial charge in [-0.15, -0.1) is 0 Å². The quantitative estimate of drug-likeness (QED) is 0.439. The molecule has 10 heteroatoms. The van der Waals surface area contributed by atoms with Gasteiger partial charge in [0.15, 0.2) is 0 Å². The number of rotatable bonds is 4. The molecule has 0 aliphatic rings. The van der Waals surface area contributed by atoms with Crippen molar-refractivity contribution in [2.45, 2.75) is 9.79 Å². The lowest BCUT2D eigenvalue weighted by atomic mass is 10.3. The van der Waals surface area contributed by atoms with Gasteiger partial charge in [-0.25, -0.2) is 9.32 Å². The summed E-state index contributed by atoms with van der Waals surface area (Å²) in [6, 6.07) is 11.4. The summed E-state index contributed by atoms with van der Waals surface area (Å²) in [5, 5.41) is 17.6. The molecule has 3 rings (SSSR count). The molecule has 0 atom stereocenters. The third-order valence-corrected chi connectivity index (χ3v) is 4.15. The van der Waals surface area contributed by atoms with Crippen LogP contribution in [0.4, 0.5) is 5.69 Å². The Balaban J connectivity index is 1.98. The average Bonchev–Trinajstić information content (AvgIpc) is 2.96. The highest BCUT2D eigenvalue weighted by Crippen LogP contribution is 2.35. The van der Waals surface area contributed by atoms with E-state index >= 15 is 0 Å². The smallest absolute Gasteiger partial charge is 0.258 e. The van der Waals surface area contributed by atoms with Gasteiger partial charge in [0, 0.05) is 16.0 Å². The Hall–Kier alpha value is -2.65. The van der Waals surface area contributed by atoms with E-state index in [4.69, 9.17) is 11.6 Å². The van der Waals surface area contributed by atoms with Gasteiger partial charge in [0.1, 0.15) is 0 Å². The van der Waals surface area contributed by atoms with Crippen LogP contribution in [-0.4, -0.2) is 15.3 Å². The number of hydrogen-bond donors (Lipinski definition) is 1. The number of nitro groups is 1. The van der Waals surface area contributed by atoms with Gasteiger partial charge in [0.05, 0.1) is 20.7 Å². The second-order valence-corrected chi connectivity index (χ2v) is 5.90. The van der Waals surface area contributed by atoms with Crippen LogP contribution in [0.5, 0.6) is 0 Å². The number of aromatic amines is 1. The molecule has 0 aliphatic carbocycles. The van der Waals surface area contributed by atoms with Crippen molar-refractivity contribution in [2.75, 3.05) is 0 Å². The van der Waals surface area contributed by atoms with E-state index in [1.165, 1.54) is 17.8 Å². The molecule has 0 saturated heterocycles. The minimum atomic E-state index is -0.757. The lowest BCUT2D eigenvalue weighted by Crippen LogP contribution is -2.37. The van der Waals surface area contributed by atoms with Crippen LogP contribution >= 0.6 is 23.4 Å². The summed E-state index contributed by atoms with van der Waals surface area (Å²) in [6.45, 7) is 0. The van der Waals surface area contributed by atoms with Gasteiger partial charge < -0.3 is 0 Å². The monoisotopic (exact) mass is 351 g/mol. The van der Waals surface area contributed by atoms with Gasteiger partial charge in [0.25, 0.3) is 11.4 Å². The van der Waals surface area contributed by atoms with Gasteiger partial charge in [-0.05, 0) is 30.3 Å². The van der Waals surface area contributed by atoms with Crippen LogP contribution in [0.1, 0.15) is 0 Å². The fraction of sp³-hybridized carbons (Fsp3) is 0. The van der Waals surface area contributed by atoms with E-state index < -0.39 is 10.7 Å². The Labute approximate surface area is 137 Å². The average molecular weight is 352 g/mol. The van der Waals surface area contributed by atoms with E-state index in [1.807, 2.05) is 0 Å². The standard InChI is InChI=1S/C13H7ClN4O4S/c14-8-1-4-10(5-2-8)23-12-6-3-9(7-11(12)18(20)21)17-15-13(19)22-16-17/h1-7H/p+1. The molecule has 0 bridgehead atoms. The second kappa shape index (κ2) is 6.23. The Bertz CT molecular complexity index is 922. The van der Waals surface area contributed by atoms with Crippen molar-refractivity contribution < 1.29 is 14.2 Å². The number of H-pyrrole nitrogens is 1. The zero-order chi connectivity index (χ0) is 16.4. The first-order valence-corrected chi connectivity index (χ1v) is 7.43. The topological polar surface area (TPSA) is 106 Å². The molecule has 0 unspecified atom stereocenters. The van der Waals surface area contributed by atoms with Crippen molar-refractivity contribution in [1.82, 2.24) is 10.4 Å². The first-order chi connectivity index (χ1) is 11.0. The number of nitrogens with zero attached hydrogens (tertiary/aromatic N) is 3. The molecule has 0 radical (unpaired) electrons. The van der Waals surface area contributed by atoms with Crippen molar-refractivity contribution in [3.05, 3.63) is 68.2 Å². The van der Waals surface area contributed by atoms with Crippen molar-refractivity contribution in [3.8, 4) is 5.69 Å². The molecular weight excluding hydrogens is 344 g/mol. The maximum atomic E-state index is 11.3. The van der Waals surface area contributed by atoms with Crippen LogP contribution in [-0.2, 0) is 0 Å². The highest BCUT2D eigenvalue weighted by molar-refractivity contribution is 7.99. The summed E-state index contributed by atoms with van der Waals surface area (Å²) >= 11 is 7.06. The normalized spacial score (nSPS) is 10.7. The molecule has 0 aliphatic heterocycles. The minimum Gasteiger partial charge on any atom is -0.258 e. The number of nitro benzene ring substituents is 1. The maximum absolute atomic E-state index is 11.3. The first-order valence-electron chi connectivity index (χ1n) is 6.23. The molecule has 0 amide bonds. The van der Waals surface area contributed by atoms with Crippen molar-refractivity contribution in [2.24, 2.45) is 0 Å². The largest absolute Gasteiger partial charge is 0.493 e. The van der Waals surface area contributed by atoms with Gasteiger partial charge in [0.2, 0.25) is 5.27 Å². The SMILES string of the molecule is O=c1[nH][n+](-c2ccc(Sc3ccc(Cl)cc3)c([N+](=O)[O-])c2)no1. The van der Waals surface area contributed by atoms with E-state index in [0.29, 0.717) is 15.6 Å². The minimum absolute atomic E-state index is 0.112. The first kappa shape index (κ1) is 15.3. The van der Waals surface area contributed by atoms with E-state index in [0.717, 1.165) is 9.69 Å². The number of benzene rings is 2. The predicted octanol–water partition coefficient (Wildman–Crippen LogP) is 2.35. The Kier molecular flexibility index (Phi) is 4.13. The fourth-order valence-electron chi connectivity index (χ4n) is 1.81. The Morgan fingerprint density at radius 2 is 2.00 bits per heavy atom. The molecule has 1 aromatic heterocycles. The molecule has 1 heterocycles. The van der Waals surface area contributed by atoms with Gasteiger partial charge in [-0.2, -0.15) is 0 Å². The molecule has 3 aromatic rings. The summed E-state index contributed by atoms with van der Waals surface area (Å²) in [6.07, 6.45) is 0. The zero-order valence-electron chi connectivity index (χ0n) is 11.3. The van der Waals surface area contributed by atoms with E-state index in [1.54, 1.807) is 36.4 Å². The van der Waals surface area contributed by atoms with Gasteiger partial charge in [-0.1, -0.05) is 28.5 Å². The Morgan fingerprint density at radius 1 is 1.26 bits per heavy atom. The number of halogens is 1. The van der Waals surface area contributed by atoms with Crippen LogP contribution in [0.3, 0.4) is 0 Å². The molecule has 2 aromatic carbocycles. The molecule has 0 saturated carbocycles. The van der Waals surface area contributed by atoms with E-state index in [-0.39, 0.29) is 5.69 Å². The van der Waals surface area contributed by atoms with Crippen molar-refractivity contribution in [1.29, 1.82) is 0 Å². The van der Waals surface area contributed by atoms with Crippen LogP contribution in [0.15, 0.2) is 61.6 Å².